The van der Waals surface area contributed by atoms with Crippen molar-refractivity contribution in [2.24, 2.45) is 0 Å². The fourth-order valence-corrected chi connectivity index (χ4v) is 3.53. The molecule has 2 aromatic rings. The highest BCUT2D eigenvalue weighted by Crippen LogP contribution is 2.33. The Morgan fingerprint density at radius 1 is 1.45 bits per heavy atom. The number of ether oxygens (including phenoxy) is 1. The van der Waals surface area contributed by atoms with Crippen LogP contribution in [0.3, 0.4) is 0 Å². The Kier molecular flexibility index (Phi) is 3.25. The van der Waals surface area contributed by atoms with Crippen molar-refractivity contribution >= 4 is 10.9 Å². The van der Waals surface area contributed by atoms with E-state index in [0.29, 0.717) is 17.3 Å². The number of para-hydroxylation sites is 1. The number of aromatic nitrogens is 2. The third kappa shape index (κ3) is 2.33. The molecule has 1 aromatic heterocycles. The molecule has 2 aliphatic rings. The zero-order chi connectivity index (χ0) is 15.2. The van der Waals surface area contributed by atoms with Crippen LogP contribution in [-0.2, 0) is 11.3 Å². The topological polar surface area (TPSA) is 76.4 Å². The summed E-state index contributed by atoms with van der Waals surface area (Å²) < 4.78 is 7.27. The van der Waals surface area contributed by atoms with Gasteiger partial charge in [-0.15, -0.1) is 0 Å². The van der Waals surface area contributed by atoms with E-state index in [0.717, 1.165) is 19.4 Å². The number of hydrogen-bond acceptors (Lipinski definition) is 5. The lowest BCUT2D eigenvalue weighted by Gasteiger charge is -2.25. The molecule has 2 saturated heterocycles. The van der Waals surface area contributed by atoms with Crippen molar-refractivity contribution in [2.75, 3.05) is 6.54 Å². The molecule has 2 fully saturated rings. The van der Waals surface area contributed by atoms with Gasteiger partial charge in [0.15, 0.2) is 5.79 Å². The van der Waals surface area contributed by atoms with Crippen LogP contribution in [0, 0.1) is 0 Å². The summed E-state index contributed by atoms with van der Waals surface area (Å²) >= 11 is 0. The van der Waals surface area contributed by atoms with E-state index in [1.165, 1.54) is 10.9 Å². The van der Waals surface area contributed by atoms with E-state index in [-0.39, 0.29) is 24.2 Å². The molecule has 0 spiro atoms. The summed E-state index contributed by atoms with van der Waals surface area (Å²) in [5, 5.41) is 14.7. The van der Waals surface area contributed by atoms with E-state index < -0.39 is 5.79 Å². The molecule has 22 heavy (non-hydrogen) atoms. The lowest BCUT2D eigenvalue weighted by molar-refractivity contribution is -0.202. The van der Waals surface area contributed by atoms with Crippen LogP contribution in [0.15, 0.2) is 35.4 Å². The maximum atomic E-state index is 12.5. The van der Waals surface area contributed by atoms with Crippen molar-refractivity contribution in [3.8, 4) is 0 Å². The molecule has 0 bridgehead atoms. The largest absolute Gasteiger partial charge is 0.364 e. The zero-order valence-electron chi connectivity index (χ0n) is 12.2. The standard InChI is InChI=1S/C16H19N3O3/c20-15-11-4-1-2-5-12(11)18-10-19(15)9-16(21)8-13-14(22-16)6-3-7-17-13/h1-2,4-5,10,13-14,17,21H,3,6-9H2/t13-,14-,16?/m1/s1. The van der Waals surface area contributed by atoms with Crippen LogP contribution in [0.1, 0.15) is 19.3 Å². The van der Waals surface area contributed by atoms with Crippen LogP contribution in [0.25, 0.3) is 10.9 Å². The van der Waals surface area contributed by atoms with Gasteiger partial charge in [0.25, 0.3) is 5.56 Å². The van der Waals surface area contributed by atoms with Crippen molar-refractivity contribution in [2.45, 2.75) is 43.7 Å². The molecule has 3 atom stereocenters. The van der Waals surface area contributed by atoms with Crippen LogP contribution in [0.2, 0.25) is 0 Å². The van der Waals surface area contributed by atoms with Crippen LogP contribution >= 0.6 is 0 Å². The van der Waals surface area contributed by atoms with Gasteiger partial charge in [0.05, 0.1) is 29.9 Å². The van der Waals surface area contributed by atoms with Gasteiger partial charge >= 0.3 is 0 Å². The predicted octanol–water partition coefficient (Wildman–Crippen LogP) is 0.626. The number of aliphatic hydroxyl groups is 1. The van der Waals surface area contributed by atoms with E-state index in [4.69, 9.17) is 4.74 Å². The summed E-state index contributed by atoms with van der Waals surface area (Å²) in [5.74, 6) is -1.30. The maximum Gasteiger partial charge on any atom is 0.261 e. The molecule has 4 rings (SSSR count). The van der Waals surface area contributed by atoms with Gasteiger partial charge in [-0.25, -0.2) is 4.98 Å². The molecule has 6 heteroatoms. The summed E-state index contributed by atoms with van der Waals surface area (Å²) in [6, 6.07) is 7.39. The molecular weight excluding hydrogens is 282 g/mol. The number of rotatable bonds is 2. The van der Waals surface area contributed by atoms with Gasteiger partial charge in [0.2, 0.25) is 0 Å². The molecule has 6 nitrogen and oxygen atoms in total. The number of hydrogen-bond donors (Lipinski definition) is 2. The van der Waals surface area contributed by atoms with Gasteiger partial charge in [-0.05, 0) is 31.5 Å². The van der Waals surface area contributed by atoms with E-state index in [1.54, 1.807) is 12.1 Å². The van der Waals surface area contributed by atoms with Crippen LogP contribution in [0.4, 0.5) is 0 Å². The highest BCUT2D eigenvalue weighted by atomic mass is 16.6. The van der Waals surface area contributed by atoms with Crippen LogP contribution < -0.4 is 10.9 Å². The SMILES string of the molecule is O=c1c2ccccc2ncn1CC1(O)C[C@H]2NCCC[C@H]2O1. The Morgan fingerprint density at radius 3 is 3.18 bits per heavy atom. The molecule has 0 saturated carbocycles. The van der Waals surface area contributed by atoms with Gasteiger partial charge in [-0.3, -0.25) is 9.36 Å². The molecule has 0 amide bonds. The van der Waals surface area contributed by atoms with E-state index >= 15 is 0 Å². The monoisotopic (exact) mass is 301 g/mol. The Hall–Kier alpha value is -1.76. The summed E-state index contributed by atoms with van der Waals surface area (Å²) in [6.45, 7) is 1.07. The summed E-state index contributed by atoms with van der Waals surface area (Å²) in [6.07, 6.45) is 4.01. The fourth-order valence-electron chi connectivity index (χ4n) is 3.53. The molecule has 116 valence electrons. The first-order chi connectivity index (χ1) is 10.6. The number of nitrogens with zero attached hydrogens (tertiary/aromatic N) is 2. The Labute approximate surface area is 127 Å². The quantitative estimate of drug-likeness (QED) is 0.851. The molecule has 0 radical (unpaired) electrons. The van der Waals surface area contributed by atoms with Crippen molar-refractivity contribution < 1.29 is 9.84 Å². The summed E-state index contributed by atoms with van der Waals surface area (Å²) in [5.41, 5.74) is 0.517. The maximum absolute atomic E-state index is 12.5. The Bertz CT molecular complexity index is 744. The zero-order valence-corrected chi connectivity index (χ0v) is 12.2. The lowest BCUT2D eigenvalue weighted by atomic mass is 9.99. The minimum atomic E-state index is -1.30. The van der Waals surface area contributed by atoms with Gasteiger partial charge in [-0.1, -0.05) is 12.1 Å². The Balaban J connectivity index is 1.63. The van der Waals surface area contributed by atoms with Crippen molar-refractivity contribution in [1.82, 2.24) is 14.9 Å². The average Bonchev–Trinajstić information content (AvgIpc) is 2.86. The normalized spacial score (nSPS) is 31.3. The first-order valence-electron chi connectivity index (χ1n) is 7.72. The highest BCUT2D eigenvalue weighted by Gasteiger charge is 2.46. The predicted molar refractivity (Wildman–Crippen MR) is 81.5 cm³/mol. The van der Waals surface area contributed by atoms with E-state index in [2.05, 4.69) is 10.3 Å². The summed E-state index contributed by atoms with van der Waals surface area (Å²) in [7, 11) is 0. The second-order valence-electron chi connectivity index (χ2n) is 6.20. The first-order valence-corrected chi connectivity index (χ1v) is 7.72. The van der Waals surface area contributed by atoms with Crippen molar-refractivity contribution in [3.05, 3.63) is 40.9 Å². The van der Waals surface area contributed by atoms with Gasteiger partial charge in [0, 0.05) is 12.5 Å². The molecule has 1 unspecified atom stereocenters. The molecule has 3 heterocycles. The minimum absolute atomic E-state index is 0.0304. The third-order valence-electron chi connectivity index (χ3n) is 4.58. The summed E-state index contributed by atoms with van der Waals surface area (Å²) in [4.78, 5) is 16.8. The molecular formula is C16H19N3O3. The molecule has 1 aromatic carbocycles. The number of fused-ring (bicyclic) bond motifs is 2. The first kappa shape index (κ1) is 13.9. The van der Waals surface area contributed by atoms with Gasteiger partial charge in [0.1, 0.15) is 0 Å². The van der Waals surface area contributed by atoms with Gasteiger partial charge < -0.3 is 15.2 Å². The molecule has 2 aliphatic heterocycles. The Morgan fingerprint density at radius 2 is 2.32 bits per heavy atom. The minimum Gasteiger partial charge on any atom is -0.364 e. The number of piperidine rings is 1. The second-order valence-corrected chi connectivity index (χ2v) is 6.20. The lowest BCUT2D eigenvalue weighted by Crippen LogP contribution is -2.41. The van der Waals surface area contributed by atoms with Crippen LogP contribution in [-0.4, -0.2) is 39.1 Å². The van der Waals surface area contributed by atoms with Crippen molar-refractivity contribution in [1.29, 1.82) is 0 Å². The molecule has 2 N–H and O–H groups in total. The third-order valence-corrected chi connectivity index (χ3v) is 4.58. The average molecular weight is 301 g/mol. The van der Waals surface area contributed by atoms with Crippen LogP contribution in [0.5, 0.6) is 0 Å². The highest BCUT2D eigenvalue weighted by molar-refractivity contribution is 5.76. The van der Waals surface area contributed by atoms with Gasteiger partial charge in [-0.2, -0.15) is 0 Å². The second kappa shape index (κ2) is 5.15. The van der Waals surface area contributed by atoms with E-state index in [1.807, 2.05) is 12.1 Å². The molecule has 0 aliphatic carbocycles. The number of nitrogens with one attached hydrogen (secondary N) is 1. The van der Waals surface area contributed by atoms with Crippen molar-refractivity contribution in [3.63, 3.8) is 0 Å². The number of benzene rings is 1. The fraction of sp³-hybridized carbons (Fsp3) is 0.500. The van der Waals surface area contributed by atoms with E-state index in [9.17, 15) is 9.90 Å². The smallest absolute Gasteiger partial charge is 0.261 e.